The Hall–Kier alpha value is -2.66. The summed E-state index contributed by atoms with van der Waals surface area (Å²) in [6, 6.07) is 14.1. The standard InChI is InChI=1S/C20H21NO4/c1-13-10-15(12-16(11-13)20(23)24)19(22)21-18(17-8-5-9-25-17)14-6-3-2-4-7-14/h2-4,6-7,10-12,17-18H,5,8-9H2,1H3,(H,21,22)(H,23,24). The Bertz CT molecular complexity index is 767. The van der Waals surface area contributed by atoms with Crippen LogP contribution in [0.15, 0.2) is 48.5 Å². The average Bonchev–Trinajstić information content (AvgIpc) is 3.14. The van der Waals surface area contributed by atoms with E-state index in [1.54, 1.807) is 19.1 Å². The summed E-state index contributed by atoms with van der Waals surface area (Å²) in [7, 11) is 0. The van der Waals surface area contributed by atoms with Gasteiger partial charge in [0.1, 0.15) is 0 Å². The highest BCUT2D eigenvalue weighted by Crippen LogP contribution is 2.27. The minimum absolute atomic E-state index is 0.0740. The molecule has 130 valence electrons. The lowest BCUT2D eigenvalue weighted by atomic mass is 9.98. The predicted molar refractivity (Wildman–Crippen MR) is 93.8 cm³/mol. The number of aromatic carboxylic acids is 1. The first kappa shape index (κ1) is 17.2. The summed E-state index contributed by atoms with van der Waals surface area (Å²) < 4.78 is 5.78. The van der Waals surface area contributed by atoms with E-state index in [1.165, 1.54) is 6.07 Å². The highest BCUT2D eigenvalue weighted by atomic mass is 16.5. The van der Waals surface area contributed by atoms with E-state index in [-0.39, 0.29) is 23.6 Å². The van der Waals surface area contributed by atoms with Gasteiger partial charge in [-0.05, 0) is 49.1 Å². The third-order valence-electron chi connectivity index (χ3n) is 4.37. The van der Waals surface area contributed by atoms with Crippen LogP contribution in [0.4, 0.5) is 0 Å². The highest BCUT2D eigenvalue weighted by molar-refractivity contribution is 5.98. The van der Waals surface area contributed by atoms with Crippen molar-refractivity contribution in [2.45, 2.75) is 31.9 Å². The Labute approximate surface area is 146 Å². The van der Waals surface area contributed by atoms with Crippen molar-refractivity contribution in [3.8, 4) is 0 Å². The molecule has 5 heteroatoms. The second kappa shape index (κ2) is 7.49. The zero-order chi connectivity index (χ0) is 17.8. The van der Waals surface area contributed by atoms with E-state index in [4.69, 9.17) is 4.74 Å². The molecule has 0 aliphatic carbocycles. The first-order valence-electron chi connectivity index (χ1n) is 8.37. The maximum Gasteiger partial charge on any atom is 0.335 e. The predicted octanol–water partition coefficient (Wildman–Crippen LogP) is 3.34. The molecular weight excluding hydrogens is 318 g/mol. The lowest BCUT2D eigenvalue weighted by molar-refractivity contribution is 0.0672. The van der Waals surface area contributed by atoms with Gasteiger partial charge in [0.2, 0.25) is 0 Å². The molecule has 3 rings (SSSR count). The van der Waals surface area contributed by atoms with Crippen LogP contribution in [0.3, 0.4) is 0 Å². The van der Waals surface area contributed by atoms with Gasteiger partial charge in [0.15, 0.2) is 0 Å². The number of carbonyl (C=O) groups is 2. The topological polar surface area (TPSA) is 75.6 Å². The van der Waals surface area contributed by atoms with E-state index < -0.39 is 5.97 Å². The van der Waals surface area contributed by atoms with Crippen molar-refractivity contribution in [1.82, 2.24) is 5.32 Å². The highest BCUT2D eigenvalue weighted by Gasteiger charge is 2.29. The SMILES string of the molecule is Cc1cc(C(=O)O)cc(C(=O)NC(c2ccccc2)C2CCCO2)c1. The van der Waals surface area contributed by atoms with Crippen molar-refractivity contribution in [1.29, 1.82) is 0 Å². The Morgan fingerprint density at radius 1 is 1.16 bits per heavy atom. The number of amides is 1. The smallest absolute Gasteiger partial charge is 0.335 e. The zero-order valence-electron chi connectivity index (χ0n) is 14.1. The van der Waals surface area contributed by atoms with Gasteiger partial charge in [-0.3, -0.25) is 4.79 Å². The molecule has 0 radical (unpaired) electrons. The quantitative estimate of drug-likeness (QED) is 0.876. The van der Waals surface area contributed by atoms with E-state index in [9.17, 15) is 14.7 Å². The molecule has 1 saturated heterocycles. The molecule has 25 heavy (non-hydrogen) atoms. The van der Waals surface area contributed by atoms with Gasteiger partial charge in [-0.15, -0.1) is 0 Å². The number of ether oxygens (including phenoxy) is 1. The van der Waals surface area contributed by atoms with Crippen molar-refractivity contribution in [2.24, 2.45) is 0 Å². The van der Waals surface area contributed by atoms with Crippen LogP contribution in [-0.4, -0.2) is 29.7 Å². The van der Waals surface area contributed by atoms with Gasteiger partial charge in [0.25, 0.3) is 5.91 Å². The fourth-order valence-electron chi connectivity index (χ4n) is 3.18. The lowest BCUT2D eigenvalue weighted by Gasteiger charge is -2.25. The summed E-state index contributed by atoms with van der Waals surface area (Å²) in [5.74, 6) is -1.34. The molecule has 0 bridgehead atoms. The second-order valence-corrected chi connectivity index (χ2v) is 6.31. The van der Waals surface area contributed by atoms with Crippen molar-refractivity contribution < 1.29 is 19.4 Å². The molecule has 1 fully saturated rings. The number of rotatable bonds is 5. The van der Waals surface area contributed by atoms with E-state index in [0.717, 1.165) is 24.0 Å². The van der Waals surface area contributed by atoms with Crippen molar-refractivity contribution in [3.05, 3.63) is 70.8 Å². The zero-order valence-corrected chi connectivity index (χ0v) is 14.1. The summed E-state index contributed by atoms with van der Waals surface area (Å²) >= 11 is 0. The van der Waals surface area contributed by atoms with Crippen LogP contribution < -0.4 is 5.32 Å². The van der Waals surface area contributed by atoms with Gasteiger partial charge in [-0.1, -0.05) is 30.3 Å². The molecular formula is C20H21NO4. The fourth-order valence-corrected chi connectivity index (χ4v) is 3.18. The van der Waals surface area contributed by atoms with Crippen molar-refractivity contribution >= 4 is 11.9 Å². The summed E-state index contributed by atoms with van der Waals surface area (Å²) in [6.45, 7) is 2.47. The number of carbonyl (C=O) groups excluding carboxylic acids is 1. The maximum atomic E-state index is 12.8. The molecule has 1 heterocycles. The molecule has 2 N–H and O–H groups in total. The van der Waals surface area contributed by atoms with Crippen molar-refractivity contribution in [3.63, 3.8) is 0 Å². The van der Waals surface area contributed by atoms with Crippen molar-refractivity contribution in [2.75, 3.05) is 6.61 Å². The van der Waals surface area contributed by atoms with Gasteiger partial charge in [-0.2, -0.15) is 0 Å². The van der Waals surface area contributed by atoms with Crippen LogP contribution in [0, 0.1) is 6.92 Å². The third-order valence-corrected chi connectivity index (χ3v) is 4.37. The Morgan fingerprint density at radius 3 is 2.52 bits per heavy atom. The summed E-state index contributed by atoms with van der Waals surface area (Å²) in [5.41, 5.74) is 2.17. The first-order valence-corrected chi connectivity index (χ1v) is 8.37. The molecule has 2 aromatic rings. The molecule has 1 aliphatic rings. The van der Waals surface area contributed by atoms with Crippen LogP contribution in [0.1, 0.15) is 50.7 Å². The number of benzene rings is 2. The normalized spacial score (nSPS) is 17.9. The number of aryl methyl sites for hydroxylation is 1. The Kier molecular flexibility index (Phi) is 5.14. The monoisotopic (exact) mass is 339 g/mol. The number of hydrogen-bond donors (Lipinski definition) is 2. The molecule has 1 aliphatic heterocycles. The molecule has 2 atom stereocenters. The molecule has 0 aromatic heterocycles. The number of nitrogens with one attached hydrogen (secondary N) is 1. The van der Waals surface area contributed by atoms with Crippen LogP contribution in [-0.2, 0) is 4.74 Å². The molecule has 2 aromatic carbocycles. The maximum absolute atomic E-state index is 12.8. The molecule has 2 unspecified atom stereocenters. The minimum Gasteiger partial charge on any atom is -0.478 e. The Balaban J connectivity index is 1.86. The summed E-state index contributed by atoms with van der Waals surface area (Å²) in [4.78, 5) is 24.0. The van der Waals surface area contributed by atoms with Gasteiger partial charge in [0, 0.05) is 12.2 Å². The second-order valence-electron chi connectivity index (χ2n) is 6.31. The van der Waals surface area contributed by atoms with Crippen LogP contribution in [0.25, 0.3) is 0 Å². The molecule has 1 amide bonds. The number of hydrogen-bond acceptors (Lipinski definition) is 3. The fraction of sp³-hybridized carbons (Fsp3) is 0.300. The minimum atomic E-state index is -1.04. The average molecular weight is 339 g/mol. The van der Waals surface area contributed by atoms with Crippen LogP contribution in [0.2, 0.25) is 0 Å². The summed E-state index contributed by atoms with van der Waals surface area (Å²) in [5, 5.41) is 12.2. The van der Waals surface area contributed by atoms with E-state index in [1.807, 2.05) is 30.3 Å². The van der Waals surface area contributed by atoms with Gasteiger partial charge in [0.05, 0.1) is 17.7 Å². The van der Waals surface area contributed by atoms with Gasteiger partial charge >= 0.3 is 5.97 Å². The van der Waals surface area contributed by atoms with Crippen LogP contribution >= 0.6 is 0 Å². The third kappa shape index (κ3) is 4.06. The summed E-state index contributed by atoms with van der Waals surface area (Å²) in [6.07, 6.45) is 1.78. The van der Waals surface area contributed by atoms with Gasteiger partial charge in [-0.25, -0.2) is 4.79 Å². The molecule has 0 spiro atoms. The number of carboxylic acids is 1. The number of carboxylic acid groups (broad SMARTS) is 1. The van der Waals surface area contributed by atoms with Crippen LogP contribution in [0.5, 0.6) is 0 Å². The lowest BCUT2D eigenvalue weighted by Crippen LogP contribution is -2.36. The molecule has 5 nitrogen and oxygen atoms in total. The Morgan fingerprint density at radius 2 is 1.88 bits per heavy atom. The van der Waals surface area contributed by atoms with E-state index in [0.29, 0.717) is 12.2 Å². The largest absolute Gasteiger partial charge is 0.478 e. The van der Waals surface area contributed by atoms with E-state index >= 15 is 0 Å². The van der Waals surface area contributed by atoms with Gasteiger partial charge < -0.3 is 15.2 Å². The first-order chi connectivity index (χ1) is 12.0. The van der Waals surface area contributed by atoms with E-state index in [2.05, 4.69) is 5.32 Å². The molecule has 0 saturated carbocycles.